The van der Waals surface area contributed by atoms with Crippen LogP contribution in [-0.2, 0) is 10.0 Å². The summed E-state index contributed by atoms with van der Waals surface area (Å²) in [4.78, 5) is 12.8. The van der Waals surface area contributed by atoms with E-state index in [4.69, 9.17) is 0 Å². The molecule has 3 aromatic carbocycles. The summed E-state index contributed by atoms with van der Waals surface area (Å²) in [5.41, 5.74) is 2.96. The molecular formula is C23H24N2O3S. The molecule has 0 saturated carbocycles. The highest BCUT2D eigenvalue weighted by Gasteiger charge is 2.22. The zero-order valence-electron chi connectivity index (χ0n) is 16.7. The summed E-state index contributed by atoms with van der Waals surface area (Å²) in [6.07, 6.45) is 0. The molecule has 0 radical (unpaired) electrons. The van der Waals surface area contributed by atoms with Crippen molar-refractivity contribution in [1.82, 2.24) is 5.32 Å². The van der Waals surface area contributed by atoms with Crippen LogP contribution in [0.15, 0.2) is 83.8 Å². The zero-order chi connectivity index (χ0) is 21.0. The Hall–Kier alpha value is -3.12. The summed E-state index contributed by atoms with van der Waals surface area (Å²) >= 11 is 0. The van der Waals surface area contributed by atoms with Crippen molar-refractivity contribution < 1.29 is 13.2 Å². The Balaban J connectivity index is 1.83. The van der Waals surface area contributed by atoms with Crippen molar-refractivity contribution in [2.75, 3.05) is 11.4 Å². The third-order valence-electron chi connectivity index (χ3n) is 4.88. The fraction of sp³-hybridized carbons (Fsp3) is 0.174. The number of para-hydroxylation sites is 1. The van der Waals surface area contributed by atoms with Crippen LogP contribution in [0.4, 0.5) is 5.69 Å². The van der Waals surface area contributed by atoms with Gasteiger partial charge in [-0.1, -0.05) is 48.5 Å². The van der Waals surface area contributed by atoms with Crippen molar-refractivity contribution in [3.63, 3.8) is 0 Å². The maximum absolute atomic E-state index is 13.0. The molecule has 0 aliphatic rings. The fourth-order valence-electron chi connectivity index (χ4n) is 3.16. The number of carbonyl (C=O) groups excluding carboxylic acids is 1. The highest BCUT2D eigenvalue weighted by Crippen LogP contribution is 2.23. The standard InChI is InChI=1S/C23H24N2O3S/c1-17-10-7-8-15-22(17)18(2)24-23(26)19-11-9-14-21(16-19)29(27,28)25(3)20-12-5-4-6-13-20/h4-16,18H,1-3H3,(H,24,26). The first-order chi connectivity index (χ1) is 13.8. The lowest BCUT2D eigenvalue weighted by Gasteiger charge is -2.20. The number of sulfonamides is 1. The van der Waals surface area contributed by atoms with Crippen LogP contribution in [0.5, 0.6) is 0 Å². The molecule has 29 heavy (non-hydrogen) atoms. The second-order valence-electron chi connectivity index (χ2n) is 6.89. The van der Waals surface area contributed by atoms with Crippen molar-refractivity contribution in [3.05, 3.63) is 95.6 Å². The maximum atomic E-state index is 13.0. The van der Waals surface area contributed by atoms with Crippen molar-refractivity contribution in [2.24, 2.45) is 0 Å². The van der Waals surface area contributed by atoms with Crippen molar-refractivity contribution >= 4 is 21.6 Å². The zero-order valence-corrected chi connectivity index (χ0v) is 17.5. The van der Waals surface area contributed by atoms with Gasteiger partial charge in [0.1, 0.15) is 0 Å². The number of benzene rings is 3. The van der Waals surface area contributed by atoms with Gasteiger partial charge >= 0.3 is 0 Å². The number of amides is 1. The third kappa shape index (κ3) is 4.49. The van der Waals surface area contributed by atoms with Crippen LogP contribution in [0.1, 0.15) is 34.5 Å². The number of hydrogen-bond donors (Lipinski definition) is 1. The van der Waals surface area contributed by atoms with Crippen LogP contribution in [0.25, 0.3) is 0 Å². The lowest BCUT2D eigenvalue weighted by molar-refractivity contribution is 0.0939. The predicted octanol–water partition coefficient (Wildman–Crippen LogP) is 4.31. The molecule has 3 rings (SSSR count). The van der Waals surface area contributed by atoms with E-state index >= 15 is 0 Å². The second-order valence-corrected chi connectivity index (χ2v) is 8.86. The molecule has 0 saturated heterocycles. The number of aryl methyl sites for hydroxylation is 1. The van der Waals surface area contributed by atoms with Gasteiger partial charge < -0.3 is 5.32 Å². The third-order valence-corrected chi connectivity index (χ3v) is 6.66. The molecule has 0 spiro atoms. The van der Waals surface area contributed by atoms with Crippen LogP contribution in [-0.4, -0.2) is 21.4 Å². The summed E-state index contributed by atoms with van der Waals surface area (Å²) in [6, 6.07) is 22.6. The lowest BCUT2D eigenvalue weighted by Crippen LogP contribution is -2.29. The molecule has 1 amide bonds. The molecule has 0 heterocycles. The average molecular weight is 409 g/mol. The molecule has 0 aliphatic carbocycles. The first kappa shape index (κ1) is 20.6. The van der Waals surface area contributed by atoms with Gasteiger partial charge in [-0.3, -0.25) is 9.10 Å². The largest absolute Gasteiger partial charge is 0.346 e. The smallest absolute Gasteiger partial charge is 0.264 e. The molecule has 150 valence electrons. The van der Waals surface area contributed by atoms with Gasteiger partial charge in [0.2, 0.25) is 0 Å². The quantitative estimate of drug-likeness (QED) is 0.661. The normalized spacial score (nSPS) is 12.2. The molecule has 0 bridgehead atoms. The molecule has 6 heteroatoms. The summed E-state index contributed by atoms with van der Waals surface area (Å²) in [7, 11) is -2.28. The van der Waals surface area contributed by atoms with E-state index in [-0.39, 0.29) is 16.8 Å². The Kier molecular flexibility index (Phi) is 6.03. The molecule has 1 atom stereocenters. The molecule has 0 aromatic heterocycles. The minimum Gasteiger partial charge on any atom is -0.346 e. The van der Waals surface area contributed by atoms with E-state index in [0.29, 0.717) is 11.3 Å². The Bertz CT molecular complexity index is 1110. The number of anilines is 1. The molecule has 1 N–H and O–H groups in total. The summed E-state index contributed by atoms with van der Waals surface area (Å²) < 4.78 is 27.2. The van der Waals surface area contributed by atoms with Crippen LogP contribution in [0.2, 0.25) is 0 Å². The Morgan fingerprint density at radius 2 is 1.59 bits per heavy atom. The van der Waals surface area contributed by atoms with Gasteiger partial charge in [0.15, 0.2) is 0 Å². The van der Waals surface area contributed by atoms with Gasteiger partial charge in [0, 0.05) is 12.6 Å². The van der Waals surface area contributed by atoms with E-state index in [1.165, 1.54) is 23.5 Å². The average Bonchev–Trinajstić information content (AvgIpc) is 2.74. The maximum Gasteiger partial charge on any atom is 0.264 e. The van der Waals surface area contributed by atoms with Gasteiger partial charge in [-0.05, 0) is 55.3 Å². The highest BCUT2D eigenvalue weighted by atomic mass is 32.2. The molecule has 1 unspecified atom stereocenters. The van der Waals surface area contributed by atoms with Gasteiger partial charge in [0.25, 0.3) is 15.9 Å². The molecular weight excluding hydrogens is 384 g/mol. The molecule has 0 fully saturated rings. The first-order valence-corrected chi connectivity index (χ1v) is 10.7. The van der Waals surface area contributed by atoms with Crippen molar-refractivity contribution in [2.45, 2.75) is 24.8 Å². The SMILES string of the molecule is Cc1ccccc1C(C)NC(=O)c1cccc(S(=O)(=O)N(C)c2ccccc2)c1. The van der Waals surface area contributed by atoms with Gasteiger partial charge in [-0.25, -0.2) is 8.42 Å². The Labute approximate surface area is 172 Å². The second kappa shape index (κ2) is 8.49. The number of hydrogen-bond acceptors (Lipinski definition) is 3. The first-order valence-electron chi connectivity index (χ1n) is 9.31. The fourth-order valence-corrected chi connectivity index (χ4v) is 4.40. The van der Waals surface area contributed by atoms with E-state index in [0.717, 1.165) is 11.1 Å². The lowest BCUT2D eigenvalue weighted by atomic mass is 10.0. The van der Waals surface area contributed by atoms with Crippen LogP contribution in [0.3, 0.4) is 0 Å². The minimum absolute atomic E-state index is 0.0695. The monoisotopic (exact) mass is 408 g/mol. The number of carbonyl (C=O) groups is 1. The van der Waals surface area contributed by atoms with Crippen molar-refractivity contribution in [3.8, 4) is 0 Å². The minimum atomic E-state index is -3.78. The predicted molar refractivity (Wildman–Crippen MR) is 116 cm³/mol. The highest BCUT2D eigenvalue weighted by molar-refractivity contribution is 7.92. The van der Waals surface area contributed by atoms with E-state index in [1.807, 2.05) is 44.2 Å². The Morgan fingerprint density at radius 1 is 0.931 bits per heavy atom. The molecule has 5 nitrogen and oxygen atoms in total. The van der Waals surface area contributed by atoms with Gasteiger partial charge in [-0.15, -0.1) is 0 Å². The topological polar surface area (TPSA) is 66.5 Å². The summed E-state index contributed by atoms with van der Waals surface area (Å²) in [5, 5.41) is 2.95. The molecule has 3 aromatic rings. The van der Waals surface area contributed by atoms with Crippen LogP contribution >= 0.6 is 0 Å². The van der Waals surface area contributed by atoms with Gasteiger partial charge in [0.05, 0.1) is 16.6 Å². The van der Waals surface area contributed by atoms with E-state index in [9.17, 15) is 13.2 Å². The number of nitrogens with zero attached hydrogens (tertiary/aromatic N) is 1. The van der Waals surface area contributed by atoms with Crippen LogP contribution < -0.4 is 9.62 Å². The van der Waals surface area contributed by atoms with E-state index in [1.54, 1.807) is 36.4 Å². The summed E-state index contributed by atoms with van der Waals surface area (Å²) in [6.45, 7) is 3.90. The van der Waals surface area contributed by atoms with E-state index in [2.05, 4.69) is 5.32 Å². The molecule has 0 aliphatic heterocycles. The van der Waals surface area contributed by atoms with Crippen LogP contribution in [0, 0.1) is 6.92 Å². The van der Waals surface area contributed by atoms with Crippen molar-refractivity contribution in [1.29, 1.82) is 0 Å². The number of rotatable bonds is 6. The Morgan fingerprint density at radius 3 is 2.28 bits per heavy atom. The van der Waals surface area contributed by atoms with Gasteiger partial charge in [-0.2, -0.15) is 0 Å². The summed E-state index contributed by atoms with van der Waals surface area (Å²) in [5.74, 6) is -0.319. The number of nitrogens with one attached hydrogen (secondary N) is 1. The van der Waals surface area contributed by atoms with E-state index < -0.39 is 10.0 Å².